The maximum atomic E-state index is 10.4. The molecule has 0 aromatic heterocycles. The number of carbonyl (C=O) groups is 2. The quantitative estimate of drug-likeness (QED) is 0.389. The number of nitrogens with one attached hydrogen (secondary N) is 1. The summed E-state index contributed by atoms with van der Waals surface area (Å²) in [5.74, 6) is -2.25. The molecule has 0 fully saturated rings. The van der Waals surface area contributed by atoms with Gasteiger partial charge in [-0.2, -0.15) is 13.1 Å². The summed E-state index contributed by atoms with van der Waals surface area (Å²) < 4.78 is 30.2. The topological polar surface area (TPSA) is 147 Å². The monoisotopic (exact) mass is 226 g/mol. The Morgan fingerprint density at radius 1 is 1.43 bits per heavy atom. The van der Waals surface area contributed by atoms with Crippen LogP contribution >= 0.6 is 0 Å². The van der Waals surface area contributed by atoms with Gasteiger partial charge in [-0.25, -0.2) is 0 Å². The molecule has 0 unspecified atom stereocenters. The van der Waals surface area contributed by atoms with Gasteiger partial charge in [-0.3, -0.25) is 14.1 Å². The average molecular weight is 226 g/mol. The molecule has 0 spiro atoms. The lowest BCUT2D eigenvalue weighted by Crippen LogP contribution is -2.40. The number of primary amides is 1. The molecule has 0 radical (unpaired) electrons. The van der Waals surface area contributed by atoms with Gasteiger partial charge < -0.3 is 10.8 Å². The second-order valence-electron chi connectivity index (χ2n) is 2.49. The van der Waals surface area contributed by atoms with Crippen molar-refractivity contribution in [2.24, 2.45) is 5.73 Å². The first-order chi connectivity index (χ1) is 6.22. The molecule has 8 nitrogen and oxygen atoms in total. The molecule has 9 heteroatoms. The van der Waals surface area contributed by atoms with Crippen molar-refractivity contribution in [3.63, 3.8) is 0 Å². The van der Waals surface area contributed by atoms with E-state index < -0.39 is 28.2 Å². The fraction of sp³-hybridized carbons (Fsp3) is 0.600. The normalized spacial score (nSPS) is 13.5. The van der Waals surface area contributed by atoms with Gasteiger partial charge in [-0.05, 0) is 6.42 Å². The molecule has 0 heterocycles. The van der Waals surface area contributed by atoms with Gasteiger partial charge in [0.1, 0.15) is 6.04 Å². The first kappa shape index (κ1) is 12.8. The fourth-order valence-electron chi connectivity index (χ4n) is 0.699. The average Bonchev–Trinajstić information content (AvgIpc) is 1.94. The van der Waals surface area contributed by atoms with Gasteiger partial charge in [0.2, 0.25) is 5.91 Å². The van der Waals surface area contributed by atoms with Crippen LogP contribution < -0.4 is 10.5 Å². The number of carboxylic acid groups (broad SMARTS) is 1. The molecule has 1 amide bonds. The predicted molar refractivity (Wildman–Crippen MR) is 44.5 cm³/mol. The van der Waals surface area contributed by atoms with Gasteiger partial charge in [0, 0.05) is 6.42 Å². The fourth-order valence-corrected chi connectivity index (χ4v) is 1.28. The minimum absolute atomic E-state index is 0.292. The van der Waals surface area contributed by atoms with Crippen molar-refractivity contribution < 1.29 is 27.7 Å². The summed E-state index contributed by atoms with van der Waals surface area (Å²) in [6.45, 7) is 0. The van der Waals surface area contributed by atoms with Crippen LogP contribution in [0.3, 0.4) is 0 Å². The third-order valence-electron chi connectivity index (χ3n) is 1.27. The lowest BCUT2D eigenvalue weighted by Gasteiger charge is -2.10. The van der Waals surface area contributed by atoms with Crippen molar-refractivity contribution >= 4 is 22.2 Å². The summed E-state index contributed by atoms with van der Waals surface area (Å²) in [6.07, 6.45) is -0.607. The molecule has 14 heavy (non-hydrogen) atoms. The number of amides is 1. The highest BCUT2D eigenvalue weighted by atomic mass is 32.2. The SMILES string of the molecule is NC(=O)CC[C@@H](NS(=O)(=O)O)C(=O)O. The summed E-state index contributed by atoms with van der Waals surface area (Å²) in [6, 6.07) is -1.56. The van der Waals surface area contributed by atoms with Crippen LogP contribution in [-0.4, -0.2) is 36.0 Å². The minimum atomic E-state index is -4.60. The van der Waals surface area contributed by atoms with Crippen LogP contribution in [0.15, 0.2) is 0 Å². The van der Waals surface area contributed by atoms with E-state index >= 15 is 0 Å². The molecule has 0 rings (SSSR count). The Morgan fingerprint density at radius 2 is 1.93 bits per heavy atom. The molecular formula is C5H10N2O6S. The lowest BCUT2D eigenvalue weighted by atomic mass is 10.2. The van der Waals surface area contributed by atoms with E-state index in [4.69, 9.17) is 15.4 Å². The van der Waals surface area contributed by atoms with Crippen LogP contribution in [0.4, 0.5) is 0 Å². The van der Waals surface area contributed by atoms with Crippen LogP contribution in [0.25, 0.3) is 0 Å². The van der Waals surface area contributed by atoms with Crippen LogP contribution in [0.2, 0.25) is 0 Å². The van der Waals surface area contributed by atoms with Crippen molar-refractivity contribution in [3.8, 4) is 0 Å². The molecule has 82 valence electrons. The summed E-state index contributed by atoms with van der Waals surface area (Å²) >= 11 is 0. The standard InChI is InChI=1S/C5H10N2O6S/c6-4(8)2-1-3(5(9)10)7-14(11,12)13/h3,7H,1-2H2,(H2,6,8)(H,9,10)(H,11,12,13)/t3-/m1/s1. The number of rotatable bonds is 6. The molecule has 0 aromatic rings. The number of aliphatic carboxylic acids is 1. The van der Waals surface area contributed by atoms with Crippen LogP contribution in [0.1, 0.15) is 12.8 Å². The van der Waals surface area contributed by atoms with Gasteiger partial charge in [-0.15, -0.1) is 0 Å². The number of hydrogen-bond acceptors (Lipinski definition) is 4. The van der Waals surface area contributed by atoms with Crippen LogP contribution in [0.5, 0.6) is 0 Å². The zero-order valence-corrected chi connectivity index (χ0v) is 7.82. The maximum Gasteiger partial charge on any atom is 0.334 e. The van der Waals surface area contributed by atoms with Gasteiger partial charge in [0.15, 0.2) is 0 Å². The molecule has 0 aliphatic rings. The lowest BCUT2D eigenvalue weighted by molar-refractivity contribution is -0.139. The van der Waals surface area contributed by atoms with E-state index in [-0.39, 0.29) is 12.8 Å². The Balaban J connectivity index is 4.32. The summed E-state index contributed by atoms with van der Waals surface area (Å²) in [5, 5.41) is 8.46. The molecule has 0 aromatic carbocycles. The Bertz CT molecular complexity index is 323. The molecular weight excluding hydrogens is 216 g/mol. The third kappa shape index (κ3) is 6.34. The van der Waals surface area contributed by atoms with E-state index in [2.05, 4.69) is 0 Å². The number of nitrogens with two attached hydrogens (primary N) is 1. The van der Waals surface area contributed by atoms with Gasteiger partial charge in [-0.1, -0.05) is 0 Å². The Morgan fingerprint density at radius 3 is 2.21 bits per heavy atom. The maximum absolute atomic E-state index is 10.4. The highest BCUT2D eigenvalue weighted by molar-refractivity contribution is 7.83. The minimum Gasteiger partial charge on any atom is -0.480 e. The van der Waals surface area contributed by atoms with E-state index in [1.54, 1.807) is 0 Å². The highest BCUT2D eigenvalue weighted by Crippen LogP contribution is 1.98. The van der Waals surface area contributed by atoms with Crippen LogP contribution in [0, 0.1) is 0 Å². The van der Waals surface area contributed by atoms with E-state index in [1.165, 1.54) is 4.72 Å². The summed E-state index contributed by atoms with van der Waals surface area (Å²) in [5.41, 5.74) is 4.73. The van der Waals surface area contributed by atoms with Crippen molar-refractivity contribution in [1.29, 1.82) is 0 Å². The molecule has 5 N–H and O–H groups in total. The van der Waals surface area contributed by atoms with E-state index in [9.17, 15) is 18.0 Å². The number of carbonyl (C=O) groups excluding carboxylic acids is 1. The predicted octanol–water partition coefficient (Wildman–Crippen LogP) is -1.90. The Hall–Kier alpha value is -1.19. The van der Waals surface area contributed by atoms with Crippen molar-refractivity contribution in [1.82, 2.24) is 4.72 Å². The zero-order chi connectivity index (χ0) is 11.4. The molecule has 0 bridgehead atoms. The number of hydrogen-bond donors (Lipinski definition) is 4. The van der Waals surface area contributed by atoms with Crippen molar-refractivity contribution in [2.45, 2.75) is 18.9 Å². The Kier molecular flexibility index (Phi) is 4.47. The Labute approximate surface area is 80.0 Å². The summed E-state index contributed by atoms with van der Waals surface area (Å²) in [7, 11) is -4.60. The largest absolute Gasteiger partial charge is 0.480 e. The molecule has 0 aliphatic heterocycles. The first-order valence-electron chi connectivity index (χ1n) is 3.48. The third-order valence-corrected chi connectivity index (χ3v) is 1.85. The van der Waals surface area contributed by atoms with E-state index in [0.29, 0.717) is 0 Å². The number of carboxylic acids is 1. The smallest absolute Gasteiger partial charge is 0.334 e. The van der Waals surface area contributed by atoms with Crippen molar-refractivity contribution in [2.75, 3.05) is 0 Å². The second-order valence-corrected chi connectivity index (χ2v) is 3.67. The zero-order valence-electron chi connectivity index (χ0n) is 7.00. The molecule has 0 aliphatic carbocycles. The first-order valence-corrected chi connectivity index (χ1v) is 4.92. The van der Waals surface area contributed by atoms with E-state index in [1.807, 2.05) is 0 Å². The molecule has 0 saturated heterocycles. The highest BCUT2D eigenvalue weighted by Gasteiger charge is 2.22. The van der Waals surface area contributed by atoms with Gasteiger partial charge >= 0.3 is 16.3 Å². The summed E-state index contributed by atoms with van der Waals surface area (Å²) in [4.78, 5) is 20.7. The van der Waals surface area contributed by atoms with Gasteiger partial charge in [0.25, 0.3) is 0 Å². The van der Waals surface area contributed by atoms with Gasteiger partial charge in [0.05, 0.1) is 0 Å². The van der Waals surface area contributed by atoms with E-state index in [0.717, 1.165) is 0 Å². The van der Waals surface area contributed by atoms with Crippen molar-refractivity contribution in [3.05, 3.63) is 0 Å². The molecule has 0 saturated carbocycles. The molecule has 1 atom stereocenters. The second kappa shape index (κ2) is 4.88. The van der Waals surface area contributed by atoms with Crippen LogP contribution in [-0.2, 0) is 19.9 Å².